The quantitative estimate of drug-likeness (QED) is 0.902. The van der Waals surface area contributed by atoms with Gasteiger partial charge in [0.25, 0.3) is 0 Å². The molecule has 0 atom stereocenters. The zero-order valence-electron chi connectivity index (χ0n) is 6.55. The van der Waals surface area contributed by atoms with Crippen molar-refractivity contribution in [1.29, 1.82) is 0 Å². The number of hydrogen-bond donors (Lipinski definition) is 2. The van der Waals surface area contributed by atoms with Crippen LogP contribution in [0.4, 0.5) is 5.69 Å². The second kappa shape index (κ2) is 4.62. The number of aliphatic carboxylic acids is 1. The van der Waals surface area contributed by atoms with Crippen LogP contribution in [0, 0.1) is 0 Å². The molecule has 0 heterocycles. The third kappa shape index (κ3) is 3.36. The van der Waals surface area contributed by atoms with Gasteiger partial charge in [-0.15, -0.1) is 0 Å². The molecule has 70 valence electrons. The molecule has 0 radical (unpaired) electrons. The van der Waals surface area contributed by atoms with Crippen LogP contribution >= 0.6 is 31.9 Å². The van der Waals surface area contributed by atoms with Gasteiger partial charge in [-0.3, -0.25) is 4.79 Å². The van der Waals surface area contributed by atoms with Crippen molar-refractivity contribution in [3.8, 4) is 0 Å². The molecule has 0 saturated heterocycles. The van der Waals surface area contributed by atoms with Crippen molar-refractivity contribution in [2.45, 2.75) is 0 Å². The minimum Gasteiger partial charge on any atom is -0.480 e. The highest BCUT2D eigenvalue weighted by Gasteiger charge is 2.01. The Kier molecular flexibility index (Phi) is 3.74. The molecule has 0 aliphatic rings. The molecular formula is C8H7Br2NO2. The van der Waals surface area contributed by atoms with Crippen LogP contribution < -0.4 is 5.32 Å². The van der Waals surface area contributed by atoms with E-state index in [1.165, 1.54) is 0 Å². The largest absolute Gasteiger partial charge is 0.480 e. The van der Waals surface area contributed by atoms with Crippen molar-refractivity contribution in [1.82, 2.24) is 0 Å². The summed E-state index contributed by atoms with van der Waals surface area (Å²) in [6, 6.07) is 5.53. The van der Waals surface area contributed by atoms with E-state index < -0.39 is 5.97 Å². The number of carboxylic acid groups (broad SMARTS) is 1. The summed E-state index contributed by atoms with van der Waals surface area (Å²) in [6.45, 7) is -0.0882. The molecule has 13 heavy (non-hydrogen) atoms. The average Bonchev–Trinajstić information content (AvgIpc) is 2.06. The molecule has 0 aliphatic carbocycles. The molecule has 0 aromatic heterocycles. The Morgan fingerprint density at radius 1 is 1.46 bits per heavy atom. The lowest BCUT2D eigenvalue weighted by atomic mass is 10.3. The molecule has 0 aliphatic heterocycles. The summed E-state index contributed by atoms with van der Waals surface area (Å²) in [5.41, 5.74) is 0.761. The van der Waals surface area contributed by atoms with Crippen molar-refractivity contribution >= 4 is 43.5 Å². The molecule has 0 fully saturated rings. The van der Waals surface area contributed by atoms with Gasteiger partial charge in [0, 0.05) is 8.95 Å². The third-order valence-electron chi connectivity index (χ3n) is 1.36. The Morgan fingerprint density at radius 2 is 2.15 bits per heavy atom. The zero-order chi connectivity index (χ0) is 9.84. The first kappa shape index (κ1) is 10.5. The monoisotopic (exact) mass is 307 g/mol. The van der Waals surface area contributed by atoms with E-state index in [2.05, 4.69) is 37.2 Å². The van der Waals surface area contributed by atoms with E-state index in [1.54, 1.807) is 0 Å². The third-order valence-corrected chi connectivity index (χ3v) is 2.54. The van der Waals surface area contributed by atoms with Crippen LogP contribution in [0.3, 0.4) is 0 Å². The lowest BCUT2D eigenvalue weighted by Crippen LogP contribution is -2.12. The first-order valence-electron chi connectivity index (χ1n) is 3.50. The maximum absolute atomic E-state index is 10.3. The summed E-state index contributed by atoms with van der Waals surface area (Å²) >= 11 is 6.60. The maximum atomic E-state index is 10.3. The van der Waals surface area contributed by atoms with Gasteiger partial charge in [-0.05, 0) is 34.1 Å². The molecule has 0 saturated carbocycles. The molecule has 3 nitrogen and oxygen atoms in total. The van der Waals surface area contributed by atoms with E-state index in [0.29, 0.717) is 0 Å². The number of nitrogens with one attached hydrogen (secondary N) is 1. The highest BCUT2D eigenvalue weighted by Crippen LogP contribution is 2.25. The summed E-state index contributed by atoms with van der Waals surface area (Å²) in [7, 11) is 0. The number of carbonyl (C=O) groups is 1. The summed E-state index contributed by atoms with van der Waals surface area (Å²) < 4.78 is 1.75. The molecule has 0 spiro atoms. The van der Waals surface area contributed by atoms with E-state index in [4.69, 9.17) is 5.11 Å². The van der Waals surface area contributed by atoms with E-state index in [0.717, 1.165) is 14.6 Å². The molecule has 1 aromatic carbocycles. The van der Waals surface area contributed by atoms with Crippen LogP contribution in [0.5, 0.6) is 0 Å². The highest BCUT2D eigenvalue weighted by molar-refractivity contribution is 9.11. The second-order valence-corrected chi connectivity index (χ2v) is 4.14. The lowest BCUT2D eigenvalue weighted by Gasteiger charge is -2.05. The molecule has 0 bridgehead atoms. The van der Waals surface area contributed by atoms with Crippen molar-refractivity contribution in [3.63, 3.8) is 0 Å². The Labute approximate surface area is 92.4 Å². The smallest absolute Gasteiger partial charge is 0.322 e. The van der Waals surface area contributed by atoms with Crippen LogP contribution in [0.2, 0.25) is 0 Å². The minimum absolute atomic E-state index is 0.0882. The van der Waals surface area contributed by atoms with Gasteiger partial charge in [0.2, 0.25) is 0 Å². The van der Waals surface area contributed by atoms with Crippen LogP contribution in [-0.2, 0) is 4.79 Å². The van der Waals surface area contributed by atoms with Crippen LogP contribution in [-0.4, -0.2) is 17.6 Å². The SMILES string of the molecule is O=C(O)CNc1cc(Br)ccc1Br. The van der Waals surface area contributed by atoms with E-state index in [9.17, 15) is 4.79 Å². The van der Waals surface area contributed by atoms with Gasteiger partial charge in [0.05, 0.1) is 5.69 Å². The van der Waals surface area contributed by atoms with E-state index >= 15 is 0 Å². The number of benzene rings is 1. The summed E-state index contributed by atoms with van der Waals surface area (Å²) in [4.78, 5) is 10.3. The van der Waals surface area contributed by atoms with Crippen molar-refractivity contribution in [3.05, 3.63) is 27.1 Å². The fraction of sp³-hybridized carbons (Fsp3) is 0.125. The number of halogens is 2. The summed E-state index contributed by atoms with van der Waals surface area (Å²) in [5.74, 6) is -0.883. The Bertz CT molecular complexity index is 328. The Hall–Kier alpha value is -0.550. The molecular weight excluding hydrogens is 302 g/mol. The summed E-state index contributed by atoms with van der Waals surface area (Å²) in [5, 5.41) is 11.2. The predicted octanol–water partition coefficient (Wildman–Crippen LogP) is 2.71. The van der Waals surface area contributed by atoms with E-state index in [1.807, 2.05) is 18.2 Å². The number of carboxylic acids is 1. The maximum Gasteiger partial charge on any atom is 0.322 e. The van der Waals surface area contributed by atoms with Crippen LogP contribution in [0.15, 0.2) is 27.1 Å². The number of rotatable bonds is 3. The lowest BCUT2D eigenvalue weighted by molar-refractivity contribution is -0.134. The molecule has 1 aromatic rings. The van der Waals surface area contributed by atoms with Gasteiger partial charge in [0.1, 0.15) is 6.54 Å². The highest BCUT2D eigenvalue weighted by atomic mass is 79.9. The van der Waals surface area contributed by atoms with Gasteiger partial charge in [-0.25, -0.2) is 0 Å². The van der Waals surface area contributed by atoms with Gasteiger partial charge in [-0.1, -0.05) is 15.9 Å². The van der Waals surface area contributed by atoms with Crippen molar-refractivity contribution in [2.24, 2.45) is 0 Å². The fourth-order valence-corrected chi connectivity index (χ4v) is 1.55. The number of anilines is 1. The van der Waals surface area contributed by atoms with Gasteiger partial charge in [-0.2, -0.15) is 0 Å². The topological polar surface area (TPSA) is 49.3 Å². The van der Waals surface area contributed by atoms with Gasteiger partial charge >= 0.3 is 5.97 Å². The van der Waals surface area contributed by atoms with Gasteiger partial charge < -0.3 is 10.4 Å². The fourth-order valence-electron chi connectivity index (χ4n) is 0.804. The van der Waals surface area contributed by atoms with Gasteiger partial charge in [0.15, 0.2) is 0 Å². The van der Waals surface area contributed by atoms with Crippen LogP contribution in [0.1, 0.15) is 0 Å². The number of hydrogen-bond acceptors (Lipinski definition) is 2. The van der Waals surface area contributed by atoms with E-state index in [-0.39, 0.29) is 6.54 Å². The Balaban J connectivity index is 2.75. The average molecular weight is 309 g/mol. The molecule has 0 amide bonds. The van der Waals surface area contributed by atoms with Crippen LogP contribution in [0.25, 0.3) is 0 Å². The molecule has 0 unspecified atom stereocenters. The first-order valence-corrected chi connectivity index (χ1v) is 5.09. The molecule has 2 N–H and O–H groups in total. The Morgan fingerprint density at radius 3 is 2.77 bits per heavy atom. The molecule has 5 heteroatoms. The zero-order valence-corrected chi connectivity index (χ0v) is 9.72. The normalized spacial score (nSPS) is 9.69. The second-order valence-electron chi connectivity index (χ2n) is 2.37. The standard InChI is InChI=1S/C8H7Br2NO2/c9-5-1-2-6(10)7(3-5)11-4-8(12)13/h1-3,11H,4H2,(H,12,13). The molecule has 1 rings (SSSR count). The predicted molar refractivity (Wildman–Crippen MR) is 58.0 cm³/mol. The summed E-state index contributed by atoms with van der Waals surface area (Å²) in [6.07, 6.45) is 0. The van der Waals surface area contributed by atoms with Crippen molar-refractivity contribution < 1.29 is 9.90 Å². The minimum atomic E-state index is -0.883. The van der Waals surface area contributed by atoms with Crippen molar-refractivity contribution in [2.75, 3.05) is 11.9 Å². The first-order chi connectivity index (χ1) is 6.09.